The number of nitrogens with one attached hydrogen (secondary N) is 1. The van der Waals surface area contributed by atoms with E-state index in [1.54, 1.807) is 0 Å². The number of fused-ring (bicyclic) bond motifs is 1. The van der Waals surface area contributed by atoms with E-state index in [1.165, 1.54) is 23.8 Å². The van der Waals surface area contributed by atoms with Gasteiger partial charge in [0.2, 0.25) is 0 Å². The second kappa shape index (κ2) is 10.6. The molecule has 1 aliphatic carbocycles. The highest BCUT2D eigenvalue weighted by Crippen LogP contribution is 2.45. The van der Waals surface area contributed by atoms with Crippen LogP contribution in [0.2, 0.25) is 0 Å². The lowest BCUT2D eigenvalue weighted by atomic mass is 10.1. The zero-order chi connectivity index (χ0) is 27.1. The minimum atomic E-state index is -0.185. The van der Waals surface area contributed by atoms with Gasteiger partial charge in [-0.3, -0.25) is 4.98 Å². The van der Waals surface area contributed by atoms with Gasteiger partial charge in [0.1, 0.15) is 11.6 Å². The maximum atomic E-state index is 9.88. The molecule has 4 aromatic rings. The van der Waals surface area contributed by atoms with Gasteiger partial charge in [-0.2, -0.15) is 0 Å². The number of piperazine rings is 1. The Labute approximate surface area is 234 Å². The first-order valence-electron chi connectivity index (χ1n) is 14.5. The number of likely N-dealkylation sites (N-methyl/N-ethyl adjacent to an activating group) is 1. The Morgan fingerprint density at radius 1 is 0.875 bits per heavy atom. The van der Waals surface area contributed by atoms with Gasteiger partial charge in [0.15, 0.2) is 5.82 Å². The van der Waals surface area contributed by atoms with Crippen molar-refractivity contribution in [2.45, 2.75) is 37.7 Å². The molecule has 0 unspecified atom stereocenters. The zero-order valence-electron chi connectivity index (χ0n) is 23.0. The first kappa shape index (κ1) is 25.2. The van der Waals surface area contributed by atoms with Crippen LogP contribution in [0, 0.1) is 0 Å². The molecular weight excluding hydrogens is 500 g/mol. The van der Waals surface area contributed by atoms with Crippen LogP contribution >= 0.6 is 0 Å². The van der Waals surface area contributed by atoms with Gasteiger partial charge in [-0.1, -0.05) is 6.07 Å². The van der Waals surface area contributed by atoms with E-state index in [9.17, 15) is 5.11 Å². The molecule has 2 saturated heterocycles. The monoisotopic (exact) mass is 536 g/mol. The summed E-state index contributed by atoms with van der Waals surface area (Å²) in [5.41, 5.74) is 5.26. The van der Waals surface area contributed by atoms with Crippen molar-refractivity contribution in [1.82, 2.24) is 24.8 Å². The maximum Gasteiger partial charge on any atom is 0.162 e. The molecule has 3 fully saturated rings. The summed E-state index contributed by atoms with van der Waals surface area (Å²) in [4.78, 5) is 26.5. The average Bonchev–Trinajstić information content (AvgIpc) is 3.83. The Bertz CT molecular complexity index is 1510. The van der Waals surface area contributed by atoms with Crippen LogP contribution < -0.4 is 15.1 Å². The van der Waals surface area contributed by atoms with E-state index >= 15 is 0 Å². The third-order valence-electron chi connectivity index (χ3n) is 8.40. The van der Waals surface area contributed by atoms with E-state index in [4.69, 9.17) is 9.97 Å². The van der Waals surface area contributed by atoms with Crippen LogP contribution in [0.3, 0.4) is 0 Å². The van der Waals surface area contributed by atoms with E-state index in [0.717, 1.165) is 86.2 Å². The van der Waals surface area contributed by atoms with Crippen molar-refractivity contribution in [3.63, 3.8) is 0 Å². The first-order chi connectivity index (χ1) is 19.6. The molecule has 0 atom stereocenters. The van der Waals surface area contributed by atoms with Gasteiger partial charge >= 0.3 is 0 Å². The summed E-state index contributed by atoms with van der Waals surface area (Å²) >= 11 is 0. The van der Waals surface area contributed by atoms with Gasteiger partial charge in [0.05, 0.1) is 17.8 Å². The molecule has 206 valence electrons. The molecule has 3 aromatic heterocycles. The van der Waals surface area contributed by atoms with Crippen molar-refractivity contribution in [1.29, 1.82) is 0 Å². The standard InChI is InChI=1S/C31H36N8O/c1-37-13-15-39(16-14-37)31-29-26(21-5-6-21)19-32-20-27(29)35-30(36-31)22-7-10-33-28(17-22)34-23-3-2-4-24(18-23)38-11-8-25(40)9-12-38/h2-4,7,10,17-21,25,40H,5-6,8-9,11-16H2,1H3,(H,33,34). The lowest BCUT2D eigenvalue weighted by Gasteiger charge is -2.34. The van der Waals surface area contributed by atoms with Gasteiger partial charge in [0, 0.05) is 74.0 Å². The summed E-state index contributed by atoms with van der Waals surface area (Å²) in [6.07, 6.45) is 9.58. The Hall–Kier alpha value is -3.82. The Morgan fingerprint density at radius 2 is 1.70 bits per heavy atom. The fourth-order valence-corrected chi connectivity index (χ4v) is 5.86. The molecular formula is C31H36N8O. The number of hydrogen-bond donors (Lipinski definition) is 2. The van der Waals surface area contributed by atoms with Crippen molar-refractivity contribution in [3.05, 3.63) is 60.6 Å². The number of benzene rings is 1. The van der Waals surface area contributed by atoms with Crippen molar-refractivity contribution in [2.75, 3.05) is 61.4 Å². The number of aliphatic hydroxyl groups excluding tert-OH is 1. The molecule has 2 aliphatic heterocycles. The van der Waals surface area contributed by atoms with E-state index in [-0.39, 0.29) is 6.10 Å². The fraction of sp³-hybridized carbons (Fsp3) is 0.419. The molecule has 9 nitrogen and oxygen atoms in total. The van der Waals surface area contributed by atoms with Crippen LogP contribution in [0.1, 0.15) is 37.2 Å². The minimum Gasteiger partial charge on any atom is -0.393 e. The number of hydrogen-bond acceptors (Lipinski definition) is 9. The molecule has 1 aromatic carbocycles. The van der Waals surface area contributed by atoms with Crippen LogP contribution in [0.15, 0.2) is 55.0 Å². The number of pyridine rings is 2. The lowest BCUT2D eigenvalue weighted by molar-refractivity contribution is 0.145. The number of aromatic nitrogens is 4. The molecule has 1 saturated carbocycles. The van der Waals surface area contributed by atoms with Gasteiger partial charge < -0.3 is 25.1 Å². The molecule has 5 heterocycles. The van der Waals surface area contributed by atoms with E-state index in [0.29, 0.717) is 11.7 Å². The molecule has 9 heteroatoms. The Morgan fingerprint density at radius 3 is 2.50 bits per heavy atom. The topological polar surface area (TPSA) is 93.5 Å². The predicted molar refractivity (Wildman–Crippen MR) is 159 cm³/mol. The van der Waals surface area contributed by atoms with E-state index < -0.39 is 0 Å². The molecule has 40 heavy (non-hydrogen) atoms. The SMILES string of the molecule is CN1CCN(c2nc(-c3ccnc(Nc4cccc(N5CCC(O)CC5)c4)c3)nc3cncc(C4CC4)c23)CC1. The summed E-state index contributed by atoms with van der Waals surface area (Å²) in [6.45, 7) is 5.67. The lowest BCUT2D eigenvalue weighted by Crippen LogP contribution is -2.45. The Kier molecular flexibility index (Phi) is 6.69. The van der Waals surface area contributed by atoms with Crippen LogP contribution in [0.25, 0.3) is 22.3 Å². The van der Waals surface area contributed by atoms with Gasteiger partial charge in [-0.05, 0) is 74.5 Å². The van der Waals surface area contributed by atoms with Crippen molar-refractivity contribution < 1.29 is 5.11 Å². The number of anilines is 4. The molecule has 0 radical (unpaired) electrons. The summed E-state index contributed by atoms with van der Waals surface area (Å²) in [5.74, 6) is 3.04. The van der Waals surface area contributed by atoms with E-state index in [1.807, 2.05) is 30.7 Å². The smallest absolute Gasteiger partial charge is 0.162 e. The zero-order valence-corrected chi connectivity index (χ0v) is 23.0. The summed E-state index contributed by atoms with van der Waals surface area (Å²) in [5, 5.41) is 14.5. The predicted octanol–water partition coefficient (Wildman–Crippen LogP) is 4.42. The molecule has 0 bridgehead atoms. The largest absolute Gasteiger partial charge is 0.393 e. The van der Waals surface area contributed by atoms with Crippen LogP contribution in [0.5, 0.6) is 0 Å². The van der Waals surface area contributed by atoms with Crippen LogP contribution in [-0.4, -0.2) is 82.4 Å². The summed E-state index contributed by atoms with van der Waals surface area (Å²) < 4.78 is 0. The quantitative estimate of drug-likeness (QED) is 0.371. The van der Waals surface area contributed by atoms with Crippen molar-refractivity contribution in [3.8, 4) is 11.4 Å². The normalized spacial score (nSPS) is 18.9. The third-order valence-corrected chi connectivity index (χ3v) is 8.40. The number of piperidine rings is 1. The van der Waals surface area contributed by atoms with Crippen LogP contribution in [0.4, 0.5) is 23.0 Å². The number of aliphatic hydroxyl groups is 1. The maximum absolute atomic E-state index is 9.88. The molecule has 0 spiro atoms. The minimum absolute atomic E-state index is 0.185. The van der Waals surface area contributed by atoms with E-state index in [2.05, 4.69) is 61.3 Å². The molecule has 2 N–H and O–H groups in total. The molecule has 0 amide bonds. The third kappa shape index (κ3) is 5.19. The molecule has 7 rings (SSSR count). The summed E-state index contributed by atoms with van der Waals surface area (Å²) in [6, 6.07) is 12.4. The van der Waals surface area contributed by atoms with Gasteiger partial charge in [0.25, 0.3) is 0 Å². The second-order valence-corrected chi connectivity index (χ2v) is 11.4. The highest BCUT2D eigenvalue weighted by atomic mass is 16.3. The Balaban J connectivity index is 1.21. The number of nitrogens with zero attached hydrogens (tertiary/aromatic N) is 7. The highest BCUT2D eigenvalue weighted by molar-refractivity contribution is 5.94. The second-order valence-electron chi connectivity index (χ2n) is 11.4. The highest BCUT2D eigenvalue weighted by Gasteiger charge is 2.29. The van der Waals surface area contributed by atoms with Gasteiger partial charge in [-0.25, -0.2) is 15.0 Å². The first-order valence-corrected chi connectivity index (χ1v) is 14.5. The van der Waals surface area contributed by atoms with Crippen LogP contribution in [-0.2, 0) is 0 Å². The van der Waals surface area contributed by atoms with Crippen molar-refractivity contribution in [2.24, 2.45) is 0 Å². The molecule has 3 aliphatic rings. The van der Waals surface area contributed by atoms with Gasteiger partial charge in [-0.15, -0.1) is 0 Å². The average molecular weight is 537 g/mol. The number of rotatable bonds is 6. The summed E-state index contributed by atoms with van der Waals surface area (Å²) in [7, 11) is 2.18. The van der Waals surface area contributed by atoms with Crippen molar-refractivity contribution >= 4 is 33.9 Å². The fourth-order valence-electron chi connectivity index (χ4n) is 5.86.